The van der Waals surface area contributed by atoms with Gasteiger partial charge in [-0.1, -0.05) is 19.1 Å². The maximum Gasteiger partial charge on any atom is 0.328 e. The molecule has 4 nitrogen and oxygen atoms in total. The topological polar surface area (TPSA) is 51.2 Å². The average Bonchev–Trinajstić information content (AvgIpc) is 2.43. The van der Waals surface area contributed by atoms with Gasteiger partial charge in [-0.05, 0) is 34.5 Å². The lowest BCUT2D eigenvalue weighted by molar-refractivity contribution is -0.141. The smallest absolute Gasteiger partial charge is 0.328 e. The fourth-order valence-electron chi connectivity index (χ4n) is 1.91. The van der Waals surface area contributed by atoms with E-state index in [4.69, 9.17) is 4.74 Å². The third-order valence-corrected chi connectivity index (χ3v) is 3.33. The van der Waals surface area contributed by atoms with E-state index in [0.29, 0.717) is 6.42 Å². The summed E-state index contributed by atoms with van der Waals surface area (Å²) < 4.78 is 5.71. The molecule has 0 aliphatic rings. The molecule has 1 heterocycles. The summed E-state index contributed by atoms with van der Waals surface area (Å²) in [5.74, 6) is -0.267. The van der Waals surface area contributed by atoms with E-state index in [1.165, 1.54) is 7.11 Å². The first kappa shape index (κ1) is 13.8. The maximum atomic E-state index is 11.6. The molecule has 0 spiro atoms. The van der Waals surface area contributed by atoms with Gasteiger partial charge in [0.25, 0.3) is 0 Å². The molecule has 1 N–H and O–H groups in total. The lowest BCUT2D eigenvalue weighted by atomic mass is 10.1. The number of anilines is 1. The van der Waals surface area contributed by atoms with Crippen LogP contribution in [-0.4, -0.2) is 24.1 Å². The molecule has 0 saturated carbocycles. The predicted molar refractivity (Wildman–Crippen MR) is 79.2 cm³/mol. The first-order valence-electron chi connectivity index (χ1n) is 6.04. The number of fused-ring (bicyclic) bond motifs is 1. The van der Waals surface area contributed by atoms with Crippen LogP contribution in [0.4, 0.5) is 5.69 Å². The number of nitrogens with zero attached hydrogens (tertiary/aromatic N) is 1. The van der Waals surface area contributed by atoms with Gasteiger partial charge in [0.1, 0.15) is 6.04 Å². The lowest BCUT2D eigenvalue weighted by Gasteiger charge is -2.16. The Balaban J connectivity index is 2.37. The zero-order valence-corrected chi connectivity index (χ0v) is 12.4. The highest BCUT2D eigenvalue weighted by atomic mass is 79.9. The molecule has 0 radical (unpaired) electrons. The number of para-hydroxylation sites is 1. The summed E-state index contributed by atoms with van der Waals surface area (Å²) in [5.41, 5.74) is 1.68. The molecule has 2 aromatic rings. The van der Waals surface area contributed by atoms with Gasteiger partial charge in [-0.25, -0.2) is 4.79 Å². The monoisotopic (exact) mass is 322 g/mol. The van der Waals surface area contributed by atoms with Crippen LogP contribution in [0.25, 0.3) is 10.9 Å². The number of esters is 1. The normalized spacial score (nSPS) is 12.2. The number of nitrogens with one attached hydrogen (secondary N) is 1. The van der Waals surface area contributed by atoms with Crippen LogP contribution in [0, 0.1) is 0 Å². The molecule has 0 amide bonds. The van der Waals surface area contributed by atoms with E-state index < -0.39 is 0 Å². The van der Waals surface area contributed by atoms with Gasteiger partial charge >= 0.3 is 5.97 Å². The van der Waals surface area contributed by atoms with Crippen molar-refractivity contribution in [2.75, 3.05) is 12.4 Å². The van der Waals surface area contributed by atoms with Crippen LogP contribution in [0.15, 0.2) is 34.9 Å². The third-order valence-electron chi connectivity index (χ3n) is 2.90. The van der Waals surface area contributed by atoms with Crippen molar-refractivity contribution in [2.45, 2.75) is 19.4 Å². The number of rotatable bonds is 4. The Morgan fingerprint density at radius 3 is 3.00 bits per heavy atom. The standard InChI is InChI=1S/C14H15BrN2O2/c1-3-11(14(18)19-2)17-12-6-4-5-9-7-10(15)8-16-13(9)12/h4-8,11,17H,3H2,1-2H3. The van der Waals surface area contributed by atoms with Gasteiger partial charge in [0, 0.05) is 16.1 Å². The van der Waals surface area contributed by atoms with Gasteiger partial charge in [0.2, 0.25) is 0 Å². The number of pyridine rings is 1. The highest BCUT2D eigenvalue weighted by molar-refractivity contribution is 9.10. The molecule has 1 aromatic heterocycles. The summed E-state index contributed by atoms with van der Waals surface area (Å²) in [6, 6.07) is 7.46. The van der Waals surface area contributed by atoms with Crippen molar-refractivity contribution in [3.05, 3.63) is 34.9 Å². The number of aromatic nitrogens is 1. The number of carbonyl (C=O) groups excluding carboxylic acids is 1. The Bertz CT molecular complexity index is 601. The number of halogens is 1. The summed E-state index contributed by atoms with van der Waals surface area (Å²) in [4.78, 5) is 16.0. The third kappa shape index (κ3) is 3.04. The molecule has 0 aliphatic carbocycles. The van der Waals surface area contributed by atoms with Crippen molar-refractivity contribution in [1.82, 2.24) is 4.98 Å². The van der Waals surface area contributed by atoms with Crippen molar-refractivity contribution in [1.29, 1.82) is 0 Å². The van der Waals surface area contributed by atoms with Gasteiger partial charge in [-0.15, -0.1) is 0 Å². The summed E-state index contributed by atoms with van der Waals surface area (Å²) in [6.45, 7) is 1.93. The van der Waals surface area contributed by atoms with E-state index in [-0.39, 0.29) is 12.0 Å². The molecule has 0 bridgehead atoms. The molecule has 5 heteroatoms. The minimum Gasteiger partial charge on any atom is -0.467 e. The van der Waals surface area contributed by atoms with Crippen LogP contribution in [0.2, 0.25) is 0 Å². The number of methoxy groups -OCH3 is 1. The minimum atomic E-state index is -0.360. The SMILES string of the molecule is CCC(Nc1cccc2cc(Br)cnc12)C(=O)OC. The summed E-state index contributed by atoms with van der Waals surface area (Å²) in [5, 5.41) is 4.20. The zero-order chi connectivity index (χ0) is 13.8. The number of hydrogen-bond acceptors (Lipinski definition) is 4. The van der Waals surface area contributed by atoms with E-state index >= 15 is 0 Å². The average molecular weight is 323 g/mol. The Hall–Kier alpha value is -1.62. The van der Waals surface area contributed by atoms with Crippen LogP contribution < -0.4 is 5.32 Å². The second-order valence-corrected chi connectivity index (χ2v) is 5.07. The fraction of sp³-hybridized carbons (Fsp3) is 0.286. The lowest BCUT2D eigenvalue weighted by Crippen LogP contribution is -2.29. The van der Waals surface area contributed by atoms with Crippen molar-refractivity contribution in [2.24, 2.45) is 0 Å². The van der Waals surface area contributed by atoms with E-state index in [9.17, 15) is 4.79 Å². The van der Waals surface area contributed by atoms with Crippen molar-refractivity contribution < 1.29 is 9.53 Å². The number of carbonyl (C=O) groups is 1. The van der Waals surface area contributed by atoms with Gasteiger partial charge < -0.3 is 10.1 Å². The van der Waals surface area contributed by atoms with E-state index in [0.717, 1.165) is 21.1 Å². The molecule has 0 saturated heterocycles. The Morgan fingerprint density at radius 2 is 2.32 bits per heavy atom. The number of hydrogen-bond donors (Lipinski definition) is 1. The maximum absolute atomic E-state index is 11.6. The van der Waals surface area contributed by atoms with Crippen molar-refractivity contribution in [3.63, 3.8) is 0 Å². The molecular weight excluding hydrogens is 308 g/mol. The fourth-order valence-corrected chi connectivity index (χ4v) is 2.26. The number of ether oxygens (including phenoxy) is 1. The molecule has 19 heavy (non-hydrogen) atoms. The van der Waals surface area contributed by atoms with Gasteiger partial charge in [0.05, 0.1) is 18.3 Å². The Kier molecular flexibility index (Phi) is 4.37. The van der Waals surface area contributed by atoms with Crippen molar-refractivity contribution >= 4 is 38.5 Å². The highest BCUT2D eigenvalue weighted by Crippen LogP contribution is 2.24. The second-order valence-electron chi connectivity index (χ2n) is 4.16. The molecule has 0 aliphatic heterocycles. The van der Waals surface area contributed by atoms with E-state index in [1.807, 2.05) is 31.2 Å². The largest absolute Gasteiger partial charge is 0.467 e. The minimum absolute atomic E-state index is 0.267. The predicted octanol–water partition coefficient (Wildman–Crippen LogP) is 3.36. The highest BCUT2D eigenvalue weighted by Gasteiger charge is 2.17. The molecule has 2 rings (SSSR count). The zero-order valence-electron chi connectivity index (χ0n) is 10.8. The van der Waals surface area contributed by atoms with Crippen LogP contribution in [0.5, 0.6) is 0 Å². The van der Waals surface area contributed by atoms with Crippen LogP contribution in [0.1, 0.15) is 13.3 Å². The second kappa shape index (κ2) is 6.02. The molecule has 100 valence electrons. The molecular formula is C14H15BrN2O2. The number of benzene rings is 1. The van der Waals surface area contributed by atoms with Crippen LogP contribution in [0.3, 0.4) is 0 Å². The quantitative estimate of drug-likeness (QED) is 0.877. The first-order chi connectivity index (χ1) is 9.15. The van der Waals surface area contributed by atoms with Gasteiger partial charge in [0.15, 0.2) is 0 Å². The Labute approximate surface area is 120 Å². The molecule has 1 unspecified atom stereocenters. The van der Waals surface area contributed by atoms with Gasteiger partial charge in [-0.2, -0.15) is 0 Å². The summed E-state index contributed by atoms with van der Waals surface area (Å²) in [6.07, 6.45) is 2.40. The molecule has 0 fully saturated rings. The summed E-state index contributed by atoms with van der Waals surface area (Å²) in [7, 11) is 1.39. The first-order valence-corrected chi connectivity index (χ1v) is 6.83. The van der Waals surface area contributed by atoms with Crippen molar-refractivity contribution in [3.8, 4) is 0 Å². The van der Waals surface area contributed by atoms with Crippen LogP contribution >= 0.6 is 15.9 Å². The van der Waals surface area contributed by atoms with Crippen LogP contribution in [-0.2, 0) is 9.53 Å². The summed E-state index contributed by atoms with van der Waals surface area (Å²) >= 11 is 3.40. The molecule has 1 aromatic carbocycles. The van der Waals surface area contributed by atoms with Gasteiger partial charge in [-0.3, -0.25) is 4.98 Å². The van der Waals surface area contributed by atoms with E-state index in [2.05, 4.69) is 26.2 Å². The van der Waals surface area contributed by atoms with E-state index in [1.54, 1.807) is 6.20 Å². The molecule has 1 atom stereocenters. The Morgan fingerprint density at radius 1 is 1.53 bits per heavy atom.